The van der Waals surface area contributed by atoms with Crippen molar-refractivity contribution in [3.8, 4) is 5.75 Å². The smallest absolute Gasteiger partial charge is 0.143 e. The minimum Gasteiger partial charge on any atom is -0.508 e. The average molecular weight is 304 g/mol. The Kier molecular flexibility index (Phi) is 2.80. The molecule has 0 aliphatic carbocycles. The maximum atomic E-state index is 9.31. The van der Waals surface area contributed by atoms with E-state index in [1.54, 1.807) is 12.1 Å². The molecule has 1 heterocycles. The summed E-state index contributed by atoms with van der Waals surface area (Å²) < 4.78 is 1.02. The summed E-state index contributed by atoms with van der Waals surface area (Å²) in [6.07, 6.45) is 0. The Morgan fingerprint density at radius 2 is 1.89 bits per heavy atom. The molecule has 3 rings (SSSR count). The molecule has 0 saturated heterocycles. The number of oxime groups is 1. The van der Waals surface area contributed by atoms with Crippen LogP contribution < -0.4 is 0 Å². The first-order valence-corrected chi connectivity index (χ1v) is 6.31. The fraction of sp³-hybridized carbons (Fsp3) is 0.0714. The Morgan fingerprint density at radius 3 is 2.67 bits per heavy atom. The summed E-state index contributed by atoms with van der Waals surface area (Å²) in [6.45, 7) is 0.482. The van der Waals surface area contributed by atoms with Crippen LogP contribution in [-0.4, -0.2) is 10.8 Å². The lowest BCUT2D eigenvalue weighted by Gasteiger charge is -2.17. The van der Waals surface area contributed by atoms with E-state index in [2.05, 4.69) is 21.1 Å². The number of hydrogen-bond acceptors (Lipinski definition) is 3. The van der Waals surface area contributed by atoms with Crippen LogP contribution in [0.2, 0.25) is 0 Å². The van der Waals surface area contributed by atoms with Gasteiger partial charge in [0, 0.05) is 21.2 Å². The molecule has 0 radical (unpaired) electrons. The standard InChI is InChI=1S/C14H10BrNO2/c15-11-3-6-13-10(7-11)8-18-16-14(13)9-1-4-12(17)5-2-9/h1-7,17H,8H2. The summed E-state index contributed by atoms with van der Waals surface area (Å²) in [6, 6.07) is 13.0. The number of rotatable bonds is 1. The monoisotopic (exact) mass is 303 g/mol. The van der Waals surface area contributed by atoms with Gasteiger partial charge in [0.15, 0.2) is 0 Å². The van der Waals surface area contributed by atoms with Crippen molar-refractivity contribution in [1.29, 1.82) is 0 Å². The lowest BCUT2D eigenvalue weighted by Crippen LogP contribution is -2.12. The molecule has 2 aromatic carbocycles. The molecule has 3 nitrogen and oxygen atoms in total. The van der Waals surface area contributed by atoms with E-state index < -0.39 is 0 Å². The maximum absolute atomic E-state index is 9.31. The van der Waals surface area contributed by atoms with Crippen LogP contribution in [0.3, 0.4) is 0 Å². The van der Waals surface area contributed by atoms with Crippen LogP contribution in [0.25, 0.3) is 0 Å². The Bertz CT molecular complexity index is 620. The van der Waals surface area contributed by atoms with Crippen LogP contribution in [0, 0.1) is 0 Å². The second kappa shape index (κ2) is 4.46. The van der Waals surface area contributed by atoms with E-state index in [4.69, 9.17) is 4.84 Å². The van der Waals surface area contributed by atoms with Crippen molar-refractivity contribution in [1.82, 2.24) is 0 Å². The molecule has 0 spiro atoms. The Labute approximate surface area is 113 Å². The van der Waals surface area contributed by atoms with Crippen LogP contribution in [0.4, 0.5) is 0 Å². The molecule has 1 aliphatic rings. The van der Waals surface area contributed by atoms with Crippen LogP contribution >= 0.6 is 15.9 Å². The summed E-state index contributed by atoms with van der Waals surface area (Å²) in [5.74, 6) is 0.243. The number of aromatic hydroxyl groups is 1. The topological polar surface area (TPSA) is 41.8 Å². The number of fused-ring (bicyclic) bond motifs is 1. The summed E-state index contributed by atoms with van der Waals surface area (Å²) in [4.78, 5) is 5.25. The Balaban J connectivity index is 2.09. The third-order valence-corrected chi connectivity index (χ3v) is 3.33. The van der Waals surface area contributed by atoms with Crippen molar-refractivity contribution in [2.24, 2.45) is 5.16 Å². The maximum Gasteiger partial charge on any atom is 0.143 e. The second-order valence-corrected chi connectivity index (χ2v) is 4.98. The van der Waals surface area contributed by atoms with Crippen molar-refractivity contribution >= 4 is 21.6 Å². The van der Waals surface area contributed by atoms with E-state index in [0.717, 1.165) is 26.9 Å². The zero-order chi connectivity index (χ0) is 12.5. The molecular formula is C14H10BrNO2. The van der Waals surface area contributed by atoms with Crippen molar-refractivity contribution in [3.05, 3.63) is 63.6 Å². The highest BCUT2D eigenvalue weighted by molar-refractivity contribution is 9.10. The molecule has 18 heavy (non-hydrogen) atoms. The van der Waals surface area contributed by atoms with E-state index in [9.17, 15) is 5.11 Å². The molecule has 0 saturated carbocycles. The van der Waals surface area contributed by atoms with Gasteiger partial charge in [-0.25, -0.2) is 0 Å². The molecule has 0 bridgehead atoms. The lowest BCUT2D eigenvalue weighted by atomic mass is 9.97. The average Bonchev–Trinajstić information content (AvgIpc) is 2.38. The van der Waals surface area contributed by atoms with Gasteiger partial charge in [0.05, 0.1) is 0 Å². The van der Waals surface area contributed by atoms with E-state index >= 15 is 0 Å². The minimum atomic E-state index is 0.243. The quantitative estimate of drug-likeness (QED) is 0.877. The van der Waals surface area contributed by atoms with Gasteiger partial charge in [-0.2, -0.15) is 0 Å². The fourth-order valence-electron chi connectivity index (χ4n) is 1.96. The van der Waals surface area contributed by atoms with Crippen LogP contribution in [-0.2, 0) is 11.4 Å². The molecule has 4 heteroatoms. The highest BCUT2D eigenvalue weighted by Gasteiger charge is 2.17. The number of phenolic OH excluding ortho intramolecular Hbond substituents is 1. The molecule has 1 N–H and O–H groups in total. The molecule has 1 aliphatic heterocycles. The van der Waals surface area contributed by atoms with Gasteiger partial charge in [-0.1, -0.05) is 27.2 Å². The van der Waals surface area contributed by atoms with Gasteiger partial charge in [0.1, 0.15) is 18.1 Å². The highest BCUT2D eigenvalue weighted by Crippen LogP contribution is 2.25. The number of benzene rings is 2. The van der Waals surface area contributed by atoms with Gasteiger partial charge in [0.2, 0.25) is 0 Å². The van der Waals surface area contributed by atoms with Crippen molar-refractivity contribution < 1.29 is 9.94 Å². The van der Waals surface area contributed by atoms with Crippen LogP contribution in [0.5, 0.6) is 5.75 Å². The first-order chi connectivity index (χ1) is 8.74. The zero-order valence-electron chi connectivity index (χ0n) is 9.43. The summed E-state index contributed by atoms with van der Waals surface area (Å²) in [5, 5.41) is 13.4. The molecule has 0 unspecified atom stereocenters. The molecular weight excluding hydrogens is 294 g/mol. The lowest BCUT2D eigenvalue weighted by molar-refractivity contribution is 0.126. The molecule has 0 aromatic heterocycles. The van der Waals surface area contributed by atoms with Crippen molar-refractivity contribution in [2.45, 2.75) is 6.61 Å². The molecule has 0 fully saturated rings. The zero-order valence-corrected chi connectivity index (χ0v) is 11.0. The fourth-order valence-corrected chi connectivity index (χ4v) is 2.36. The third kappa shape index (κ3) is 1.99. The Hall–Kier alpha value is -1.81. The van der Waals surface area contributed by atoms with Crippen molar-refractivity contribution in [2.75, 3.05) is 0 Å². The predicted molar refractivity (Wildman–Crippen MR) is 72.7 cm³/mol. The number of halogens is 1. The summed E-state index contributed by atoms with van der Waals surface area (Å²) in [7, 11) is 0. The molecule has 90 valence electrons. The van der Waals surface area contributed by atoms with Gasteiger partial charge >= 0.3 is 0 Å². The molecule has 2 aromatic rings. The van der Waals surface area contributed by atoms with Gasteiger partial charge < -0.3 is 9.94 Å². The first kappa shape index (κ1) is 11.3. The SMILES string of the molecule is Oc1ccc(C2=NOCc3cc(Br)ccc32)cc1. The van der Waals surface area contributed by atoms with Crippen molar-refractivity contribution in [3.63, 3.8) is 0 Å². The van der Waals surface area contributed by atoms with E-state index in [-0.39, 0.29) is 5.75 Å². The Morgan fingerprint density at radius 1 is 1.11 bits per heavy atom. The molecule has 0 atom stereocenters. The largest absolute Gasteiger partial charge is 0.508 e. The van der Waals surface area contributed by atoms with E-state index in [1.165, 1.54) is 0 Å². The summed E-state index contributed by atoms with van der Waals surface area (Å²) >= 11 is 3.45. The third-order valence-electron chi connectivity index (χ3n) is 2.84. The van der Waals surface area contributed by atoms with Crippen LogP contribution in [0.15, 0.2) is 52.1 Å². The van der Waals surface area contributed by atoms with Gasteiger partial charge in [0.25, 0.3) is 0 Å². The first-order valence-electron chi connectivity index (χ1n) is 5.52. The summed E-state index contributed by atoms with van der Waals surface area (Å²) in [5.41, 5.74) is 3.89. The normalized spacial score (nSPS) is 13.5. The second-order valence-electron chi connectivity index (χ2n) is 4.06. The predicted octanol–water partition coefficient (Wildman–Crippen LogP) is 3.44. The van der Waals surface area contributed by atoms with Gasteiger partial charge in [-0.3, -0.25) is 0 Å². The number of phenols is 1. The van der Waals surface area contributed by atoms with E-state index in [0.29, 0.717) is 6.61 Å². The minimum absolute atomic E-state index is 0.243. The van der Waals surface area contributed by atoms with E-state index in [1.807, 2.05) is 30.3 Å². The van der Waals surface area contributed by atoms with Crippen LogP contribution in [0.1, 0.15) is 16.7 Å². The molecule has 0 amide bonds. The highest BCUT2D eigenvalue weighted by atomic mass is 79.9. The number of nitrogens with zero attached hydrogens (tertiary/aromatic N) is 1. The van der Waals surface area contributed by atoms with Gasteiger partial charge in [-0.05, 0) is 36.4 Å². The van der Waals surface area contributed by atoms with Gasteiger partial charge in [-0.15, -0.1) is 0 Å². The number of hydrogen-bond donors (Lipinski definition) is 1.